The lowest BCUT2D eigenvalue weighted by Gasteiger charge is -2.35. The molecule has 1 aromatic rings. The number of nitrogens with one attached hydrogen (secondary N) is 1. The van der Waals surface area contributed by atoms with E-state index in [4.69, 9.17) is 0 Å². The fraction of sp³-hybridized carbons (Fsp3) is 0.611. The zero-order valence-corrected chi connectivity index (χ0v) is 14.7. The fourth-order valence-corrected chi connectivity index (χ4v) is 2.80. The first-order chi connectivity index (χ1) is 10.1. The molecular formula is C18H29ClN2O. The summed E-state index contributed by atoms with van der Waals surface area (Å²) < 4.78 is 0. The summed E-state index contributed by atoms with van der Waals surface area (Å²) in [6, 6.07) is 10.4. The van der Waals surface area contributed by atoms with Gasteiger partial charge >= 0.3 is 0 Å². The van der Waals surface area contributed by atoms with E-state index in [2.05, 4.69) is 55.3 Å². The van der Waals surface area contributed by atoms with E-state index in [9.17, 15) is 4.79 Å². The van der Waals surface area contributed by atoms with Gasteiger partial charge in [-0.1, -0.05) is 51.1 Å². The lowest BCUT2D eigenvalue weighted by atomic mass is 9.87. The molecule has 22 heavy (non-hydrogen) atoms. The molecule has 3 nitrogen and oxygen atoms in total. The molecule has 0 radical (unpaired) electrons. The van der Waals surface area contributed by atoms with Crippen LogP contribution < -0.4 is 5.32 Å². The Hall–Kier alpha value is -1.06. The van der Waals surface area contributed by atoms with Gasteiger partial charge in [0.2, 0.25) is 5.91 Å². The van der Waals surface area contributed by atoms with Crippen molar-refractivity contribution in [3.05, 3.63) is 35.9 Å². The second-order valence-corrected chi connectivity index (χ2v) is 6.62. The van der Waals surface area contributed by atoms with Crippen molar-refractivity contribution in [2.24, 2.45) is 17.8 Å². The third-order valence-electron chi connectivity index (χ3n) is 4.32. The van der Waals surface area contributed by atoms with Crippen molar-refractivity contribution in [1.82, 2.24) is 10.2 Å². The number of hydrogen-bond acceptors (Lipinski definition) is 2. The summed E-state index contributed by atoms with van der Waals surface area (Å²) in [5.74, 6) is 1.49. The number of rotatable bonds is 7. The van der Waals surface area contributed by atoms with Crippen LogP contribution in [0.1, 0.15) is 26.3 Å². The van der Waals surface area contributed by atoms with E-state index in [1.54, 1.807) is 0 Å². The van der Waals surface area contributed by atoms with Crippen LogP contribution in [0.2, 0.25) is 0 Å². The fourth-order valence-electron chi connectivity index (χ4n) is 2.80. The number of halogens is 1. The lowest BCUT2D eigenvalue weighted by molar-refractivity contribution is -0.137. The second kappa shape index (κ2) is 9.16. The molecule has 1 aliphatic heterocycles. The molecule has 1 aromatic carbocycles. The van der Waals surface area contributed by atoms with Crippen molar-refractivity contribution in [2.45, 2.75) is 27.2 Å². The molecule has 0 aromatic heterocycles. The predicted molar refractivity (Wildman–Crippen MR) is 94.3 cm³/mol. The Morgan fingerprint density at radius 2 is 1.86 bits per heavy atom. The molecule has 0 spiro atoms. The highest BCUT2D eigenvalue weighted by molar-refractivity contribution is 5.85. The zero-order valence-electron chi connectivity index (χ0n) is 13.9. The van der Waals surface area contributed by atoms with Gasteiger partial charge in [0.15, 0.2) is 0 Å². The van der Waals surface area contributed by atoms with Crippen molar-refractivity contribution in [3.63, 3.8) is 0 Å². The highest BCUT2D eigenvalue weighted by Gasteiger charge is 2.31. The smallest absolute Gasteiger partial charge is 0.225 e. The normalized spacial score (nSPS) is 15.8. The molecule has 1 N–H and O–H groups in total. The summed E-state index contributed by atoms with van der Waals surface area (Å²) in [6.07, 6.45) is 0.939. The van der Waals surface area contributed by atoms with Gasteiger partial charge in [-0.3, -0.25) is 4.79 Å². The van der Waals surface area contributed by atoms with Gasteiger partial charge in [-0.2, -0.15) is 0 Å². The van der Waals surface area contributed by atoms with E-state index in [-0.39, 0.29) is 18.3 Å². The molecule has 0 bridgehead atoms. The van der Waals surface area contributed by atoms with Crippen molar-refractivity contribution in [1.29, 1.82) is 0 Å². The molecule has 1 atom stereocenters. The number of hydrogen-bond donors (Lipinski definition) is 1. The summed E-state index contributed by atoms with van der Waals surface area (Å²) in [6.45, 7) is 10.1. The minimum Gasteiger partial charge on any atom is -0.342 e. The monoisotopic (exact) mass is 324 g/mol. The molecule has 2 rings (SSSR count). The van der Waals surface area contributed by atoms with E-state index < -0.39 is 0 Å². The summed E-state index contributed by atoms with van der Waals surface area (Å²) in [5.41, 5.74) is 1.30. The van der Waals surface area contributed by atoms with E-state index in [0.29, 0.717) is 17.7 Å². The molecule has 1 heterocycles. The van der Waals surface area contributed by atoms with Gasteiger partial charge < -0.3 is 10.2 Å². The van der Waals surface area contributed by atoms with Crippen LogP contribution in [-0.2, 0) is 11.2 Å². The Bertz CT molecular complexity index is 446. The third-order valence-corrected chi connectivity index (χ3v) is 4.32. The van der Waals surface area contributed by atoms with Crippen LogP contribution >= 0.6 is 12.4 Å². The van der Waals surface area contributed by atoms with Crippen LogP contribution in [0.5, 0.6) is 0 Å². The maximum atomic E-state index is 12.7. The van der Waals surface area contributed by atoms with Gasteiger partial charge in [0, 0.05) is 19.0 Å². The first kappa shape index (κ1) is 19.0. The molecule has 1 saturated heterocycles. The van der Waals surface area contributed by atoms with Crippen LogP contribution in [0.4, 0.5) is 0 Å². The van der Waals surface area contributed by atoms with Crippen LogP contribution in [0, 0.1) is 17.8 Å². The SMILES string of the molecule is CC(C)CN(CCc1ccccc1)C(=O)C(C)C1CNC1.Cl. The number of carbonyl (C=O) groups excluding carboxylic acids is 1. The van der Waals surface area contributed by atoms with Crippen molar-refractivity contribution in [2.75, 3.05) is 26.2 Å². The molecular weight excluding hydrogens is 296 g/mol. The average Bonchev–Trinajstić information content (AvgIpc) is 2.41. The first-order valence-corrected chi connectivity index (χ1v) is 8.11. The Morgan fingerprint density at radius 1 is 1.23 bits per heavy atom. The van der Waals surface area contributed by atoms with E-state index >= 15 is 0 Å². The lowest BCUT2D eigenvalue weighted by Crippen LogP contribution is -2.51. The summed E-state index contributed by atoms with van der Waals surface area (Å²) >= 11 is 0. The minimum atomic E-state index is 0. The Labute approximate surface area is 140 Å². The molecule has 124 valence electrons. The van der Waals surface area contributed by atoms with Crippen LogP contribution in [-0.4, -0.2) is 37.0 Å². The summed E-state index contributed by atoms with van der Waals surface area (Å²) in [5, 5.41) is 3.26. The quantitative estimate of drug-likeness (QED) is 0.836. The average molecular weight is 325 g/mol. The summed E-state index contributed by atoms with van der Waals surface area (Å²) in [7, 11) is 0. The van der Waals surface area contributed by atoms with Gasteiger partial charge in [-0.15, -0.1) is 12.4 Å². The van der Waals surface area contributed by atoms with Crippen LogP contribution in [0.25, 0.3) is 0 Å². The van der Waals surface area contributed by atoms with Crippen LogP contribution in [0.15, 0.2) is 30.3 Å². The molecule has 0 saturated carbocycles. The van der Waals surface area contributed by atoms with Gasteiger partial charge in [0.05, 0.1) is 0 Å². The Balaban J connectivity index is 0.00000242. The maximum absolute atomic E-state index is 12.7. The Kier molecular flexibility index (Phi) is 7.91. The van der Waals surface area contributed by atoms with Gasteiger partial charge in [0.25, 0.3) is 0 Å². The maximum Gasteiger partial charge on any atom is 0.225 e. The highest BCUT2D eigenvalue weighted by Crippen LogP contribution is 2.19. The largest absolute Gasteiger partial charge is 0.342 e. The molecule has 0 aliphatic carbocycles. The van der Waals surface area contributed by atoms with E-state index in [1.807, 2.05) is 6.07 Å². The standard InChI is InChI=1S/C18H28N2O.ClH/c1-14(2)13-20(10-9-16-7-5-4-6-8-16)18(21)15(3)17-11-19-12-17;/h4-8,14-15,17,19H,9-13H2,1-3H3;1H. The van der Waals surface area contributed by atoms with Crippen molar-refractivity contribution < 1.29 is 4.79 Å². The number of benzene rings is 1. The highest BCUT2D eigenvalue weighted by atomic mass is 35.5. The van der Waals surface area contributed by atoms with Gasteiger partial charge in [0.1, 0.15) is 0 Å². The van der Waals surface area contributed by atoms with Crippen LogP contribution in [0.3, 0.4) is 0 Å². The molecule has 1 amide bonds. The van der Waals surface area contributed by atoms with Gasteiger partial charge in [-0.05, 0) is 36.9 Å². The first-order valence-electron chi connectivity index (χ1n) is 8.11. The van der Waals surface area contributed by atoms with Crippen molar-refractivity contribution >= 4 is 18.3 Å². The molecule has 4 heteroatoms. The zero-order chi connectivity index (χ0) is 15.2. The van der Waals surface area contributed by atoms with Crippen molar-refractivity contribution in [3.8, 4) is 0 Å². The Morgan fingerprint density at radius 3 is 2.36 bits per heavy atom. The minimum absolute atomic E-state index is 0. The number of nitrogens with zero attached hydrogens (tertiary/aromatic N) is 1. The topological polar surface area (TPSA) is 32.3 Å². The molecule has 1 unspecified atom stereocenters. The molecule has 1 fully saturated rings. The number of amides is 1. The second-order valence-electron chi connectivity index (χ2n) is 6.62. The third kappa shape index (κ3) is 5.29. The van der Waals surface area contributed by atoms with Gasteiger partial charge in [-0.25, -0.2) is 0 Å². The number of carbonyl (C=O) groups is 1. The summed E-state index contributed by atoms with van der Waals surface area (Å²) in [4.78, 5) is 14.8. The predicted octanol–water partition coefficient (Wildman–Crippen LogP) is 2.99. The van der Waals surface area contributed by atoms with E-state index in [0.717, 1.165) is 32.6 Å². The van der Waals surface area contributed by atoms with E-state index in [1.165, 1.54) is 5.56 Å². The molecule has 1 aliphatic rings.